The summed E-state index contributed by atoms with van der Waals surface area (Å²) in [6.07, 6.45) is -4.65. The van der Waals surface area contributed by atoms with Crippen LogP contribution < -0.4 is 0 Å². The third kappa shape index (κ3) is 2.59. The van der Waals surface area contributed by atoms with Gasteiger partial charge in [-0.25, -0.2) is 4.18 Å². The molecule has 0 aromatic heterocycles. The summed E-state index contributed by atoms with van der Waals surface area (Å²) in [6.45, 7) is 0. The number of hydrogen-bond donors (Lipinski definition) is 0. The number of hydrogen-bond acceptors (Lipinski definition) is 2. The van der Waals surface area contributed by atoms with Crippen molar-refractivity contribution in [2.45, 2.75) is 11.3 Å². The first-order chi connectivity index (χ1) is 9.54. The summed E-state index contributed by atoms with van der Waals surface area (Å²) in [4.78, 5) is 0.450. The van der Waals surface area contributed by atoms with Gasteiger partial charge in [0.05, 0.1) is 0 Å². The maximum atomic E-state index is 12.2. The number of halogens is 3. The van der Waals surface area contributed by atoms with E-state index in [0.29, 0.717) is 16.9 Å². The lowest BCUT2D eigenvalue weighted by molar-refractivity contribution is -0.266. The molecule has 0 amide bonds. The second kappa shape index (κ2) is 5.00. The van der Waals surface area contributed by atoms with Gasteiger partial charge in [-0.05, 0) is 27.6 Å². The van der Waals surface area contributed by atoms with Gasteiger partial charge in [0.1, 0.15) is 0 Å². The van der Waals surface area contributed by atoms with E-state index < -0.39 is 6.36 Å². The van der Waals surface area contributed by atoms with Gasteiger partial charge in [-0.2, -0.15) is 0 Å². The van der Waals surface area contributed by atoms with Gasteiger partial charge in [0, 0.05) is 16.9 Å². The molecule has 0 aliphatic heterocycles. The SMILES string of the molecule is FC(F)(F)OSc1cccc2c1ccc1ccccc12. The maximum absolute atomic E-state index is 12.2. The van der Waals surface area contributed by atoms with Crippen LogP contribution in [0.2, 0.25) is 0 Å². The molecular weight excluding hydrogens is 285 g/mol. The van der Waals surface area contributed by atoms with Crippen molar-refractivity contribution in [3.63, 3.8) is 0 Å². The average Bonchev–Trinajstić information content (AvgIpc) is 2.44. The molecule has 0 radical (unpaired) electrons. The zero-order valence-electron chi connectivity index (χ0n) is 10.1. The van der Waals surface area contributed by atoms with Gasteiger partial charge >= 0.3 is 6.36 Å². The first-order valence-electron chi connectivity index (χ1n) is 5.87. The number of alkyl halides is 3. The minimum absolute atomic E-state index is 0.340. The van der Waals surface area contributed by atoms with Crippen molar-refractivity contribution in [3.05, 3.63) is 54.6 Å². The molecule has 0 saturated heterocycles. The molecule has 1 nitrogen and oxygen atoms in total. The molecular formula is C15H9F3OS. The fraction of sp³-hybridized carbons (Fsp3) is 0.0667. The second-order valence-corrected chi connectivity index (χ2v) is 5.02. The van der Waals surface area contributed by atoms with Crippen molar-refractivity contribution in [1.29, 1.82) is 0 Å². The molecule has 0 unspecified atom stereocenters. The molecule has 0 saturated carbocycles. The van der Waals surface area contributed by atoms with E-state index in [2.05, 4.69) is 4.18 Å². The number of rotatable bonds is 2. The van der Waals surface area contributed by atoms with Crippen molar-refractivity contribution < 1.29 is 17.4 Å². The van der Waals surface area contributed by atoms with E-state index in [1.807, 2.05) is 42.5 Å². The minimum atomic E-state index is -4.65. The molecule has 0 N–H and O–H groups in total. The monoisotopic (exact) mass is 294 g/mol. The van der Waals surface area contributed by atoms with Crippen LogP contribution >= 0.6 is 12.0 Å². The third-order valence-electron chi connectivity index (χ3n) is 2.97. The Hall–Kier alpha value is -1.72. The molecule has 0 fully saturated rings. The van der Waals surface area contributed by atoms with Crippen molar-refractivity contribution in [3.8, 4) is 0 Å². The molecule has 0 atom stereocenters. The van der Waals surface area contributed by atoms with Gasteiger partial charge in [0.25, 0.3) is 0 Å². The van der Waals surface area contributed by atoms with Crippen molar-refractivity contribution in [2.75, 3.05) is 0 Å². The summed E-state index contributed by atoms with van der Waals surface area (Å²) in [5, 5.41) is 3.73. The molecule has 0 bridgehead atoms. The molecule has 3 aromatic rings. The predicted molar refractivity (Wildman–Crippen MR) is 74.5 cm³/mol. The van der Waals surface area contributed by atoms with Crippen LogP contribution in [0.3, 0.4) is 0 Å². The summed E-state index contributed by atoms with van der Waals surface area (Å²) in [5.41, 5.74) is 0. The predicted octanol–water partition coefficient (Wildman–Crippen LogP) is 5.54. The van der Waals surface area contributed by atoms with Crippen molar-refractivity contribution in [1.82, 2.24) is 0 Å². The summed E-state index contributed by atoms with van der Waals surface area (Å²) < 4.78 is 40.3. The quantitative estimate of drug-likeness (QED) is 0.453. The normalized spacial score (nSPS) is 12.2. The molecule has 20 heavy (non-hydrogen) atoms. The average molecular weight is 294 g/mol. The molecule has 102 valence electrons. The van der Waals surface area contributed by atoms with Crippen molar-refractivity contribution in [2.24, 2.45) is 0 Å². The number of fused-ring (bicyclic) bond motifs is 3. The Kier molecular flexibility index (Phi) is 3.31. The Morgan fingerprint density at radius 2 is 1.50 bits per heavy atom. The summed E-state index contributed by atoms with van der Waals surface area (Å²) in [6, 6.07) is 16.7. The van der Waals surface area contributed by atoms with Crippen LogP contribution in [0.1, 0.15) is 0 Å². The van der Waals surface area contributed by atoms with Crippen LogP contribution in [-0.2, 0) is 4.18 Å². The topological polar surface area (TPSA) is 9.23 Å². The lowest BCUT2D eigenvalue weighted by atomic mass is 10.0. The van der Waals surface area contributed by atoms with Gasteiger partial charge in [0.15, 0.2) is 0 Å². The van der Waals surface area contributed by atoms with E-state index in [9.17, 15) is 13.2 Å². The standard InChI is InChI=1S/C15H9F3OS/c16-15(17,18)19-20-14-7-3-6-12-11-5-2-1-4-10(11)8-9-13(12)14/h1-9H. The highest BCUT2D eigenvalue weighted by molar-refractivity contribution is 7.95. The van der Waals surface area contributed by atoms with E-state index in [1.54, 1.807) is 12.1 Å². The fourth-order valence-corrected chi connectivity index (χ4v) is 2.76. The first-order valence-corrected chi connectivity index (χ1v) is 6.62. The van der Waals surface area contributed by atoms with E-state index >= 15 is 0 Å². The van der Waals surface area contributed by atoms with E-state index in [1.165, 1.54) is 0 Å². The Balaban J connectivity index is 2.13. The first kappa shape index (κ1) is 13.3. The van der Waals surface area contributed by atoms with Crippen LogP contribution in [0.4, 0.5) is 13.2 Å². The van der Waals surface area contributed by atoms with Crippen LogP contribution in [0, 0.1) is 0 Å². The third-order valence-corrected chi connectivity index (χ3v) is 3.78. The molecule has 5 heteroatoms. The highest BCUT2D eigenvalue weighted by Crippen LogP contribution is 2.36. The van der Waals surface area contributed by atoms with Crippen LogP contribution in [0.5, 0.6) is 0 Å². The van der Waals surface area contributed by atoms with Crippen molar-refractivity contribution >= 4 is 33.6 Å². The molecule has 0 heterocycles. The largest absolute Gasteiger partial charge is 0.533 e. The highest BCUT2D eigenvalue weighted by atomic mass is 32.2. The van der Waals surface area contributed by atoms with E-state index in [-0.39, 0.29) is 0 Å². The van der Waals surface area contributed by atoms with E-state index in [0.717, 1.165) is 21.5 Å². The number of benzene rings is 3. The smallest absolute Gasteiger partial charge is 0.215 e. The summed E-state index contributed by atoms with van der Waals surface area (Å²) >= 11 is 0.340. The Labute approximate surface area is 117 Å². The summed E-state index contributed by atoms with van der Waals surface area (Å²) in [5.74, 6) is 0. The van der Waals surface area contributed by atoms with Crippen LogP contribution in [0.25, 0.3) is 21.5 Å². The molecule has 3 rings (SSSR count). The Morgan fingerprint density at radius 1 is 0.750 bits per heavy atom. The van der Waals surface area contributed by atoms with Gasteiger partial charge < -0.3 is 0 Å². The maximum Gasteiger partial charge on any atom is 0.533 e. The second-order valence-electron chi connectivity index (χ2n) is 4.25. The van der Waals surface area contributed by atoms with Gasteiger partial charge in [-0.3, -0.25) is 0 Å². The highest BCUT2D eigenvalue weighted by Gasteiger charge is 2.30. The zero-order chi connectivity index (χ0) is 14.2. The molecule has 3 aromatic carbocycles. The van der Waals surface area contributed by atoms with Crippen LogP contribution in [-0.4, -0.2) is 6.36 Å². The lowest BCUT2D eigenvalue weighted by Crippen LogP contribution is -2.07. The molecule has 0 spiro atoms. The Bertz CT molecular complexity index is 768. The zero-order valence-corrected chi connectivity index (χ0v) is 11.0. The minimum Gasteiger partial charge on any atom is -0.215 e. The van der Waals surface area contributed by atoms with E-state index in [4.69, 9.17) is 0 Å². The van der Waals surface area contributed by atoms with Gasteiger partial charge in [-0.1, -0.05) is 48.5 Å². The van der Waals surface area contributed by atoms with Gasteiger partial charge in [0.2, 0.25) is 0 Å². The summed E-state index contributed by atoms with van der Waals surface area (Å²) in [7, 11) is 0. The lowest BCUT2D eigenvalue weighted by Gasteiger charge is -2.09. The fourth-order valence-electron chi connectivity index (χ4n) is 2.18. The van der Waals surface area contributed by atoms with Crippen LogP contribution in [0.15, 0.2) is 59.5 Å². The molecule has 0 aliphatic rings. The molecule has 0 aliphatic carbocycles. The Morgan fingerprint density at radius 3 is 2.30 bits per heavy atom. The van der Waals surface area contributed by atoms with Gasteiger partial charge in [-0.15, -0.1) is 13.2 Å².